The lowest BCUT2D eigenvalue weighted by Gasteiger charge is -2.21. The van der Waals surface area contributed by atoms with Crippen LogP contribution >= 0.6 is 0 Å². The zero-order chi connectivity index (χ0) is 12.1. The van der Waals surface area contributed by atoms with E-state index in [1.165, 1.54) is 0 Å². The van der Waals surface area contributed by atoms with E-state index < -0.39 is 23.6 Å². The maximum atomic E-state index is 11.2. The lowest BCUT2D eigenvalue weighted by molar-refractivity contribution is -0.119. The van der Waals surface area contributed by atoms with Crippen molar-refractivity contribution in [2.45, 2.75) is 38.8 Å². The number of nitrogens with one attached hydrogen (secondary N) is 1. The smallest absolute Gasteiger partial charge is 0.408 e. The second-order valence-corrected chi connectivity index (χ2v) is 3.96. The SMILES string of the molecule is CC(C)(C)OC(=O)NC(CC#N)C(N)=O. The number of carbonyl (C=O) groups is 2. The molecule has 0 fully saturated rings. The van der Waals surface area contributed by atoms with Gasteiger partial charge >= 0.3 is 6.09 Å². The molecule has 0 aliphatic rings. The average Bonchev–Trinajstić information content (AvgIpc) is 1.99. The van der Waals surface area contributed by atoms with Crippen LogP contribution in [0.5, 0.6) is 0 Å². The molecule has 0 saturated carbocycles. The molecule has 2 amide bonds. The van der Waals surface area contributed by atoms with E-state index in [-0.39, 0.29) is 6.42 Å². The van der Waals surface area contributed by atoms with Crippen molar-refractivity contribution in [3.05, 3.63) is 0 Å². The predicted molar refractivity (Wildman–Crippen MR) is 52.6 cm³/mol. The number of nitrogens with zero attached hydrogens (tertiary/aromatic N) is 1. The molecule has 15 heavy (non-hydrogen) atoms. The van der Waals surface area contributed by atoms with E-state index in [1.54, 1.807) is 26.8 Å². The van der Waals surface area contributed by atoms with Crippen LogP contribution in [-0.2, 0) is 9.53 Å². The summed E-state index contributed by atoms with van der Waals surface area (Å²) in [6.45, 7) is 5.07. The first kappa shape index (κ1) is 13.2. The normalized spacial score (nSPS) is 12.4. The highest BCUT2D eigenvalue weighted by Gasteiger charge is 2.22. The maximum absolute atomic E-state index is 11.2. The average molecular weight is 213 g/mol. The third kappa shape index (κ3) is 6.32. The summed E-state index contributed by atoms with van der Waals surface area (Å²) in [5.41, 5.74) is 4.32. The molecule has 0 aliphatic carbocycles. The van der Waals surface area contributed by atoms with E-state index in [0.717, 1.165) is 0 Å². The van der Waals surface area contributed by atoms with Gasteiger partial charge in [-0.25, -0.2) is 4.79 Å². The molecular formula is C9H15N3O3. The highest BCUT2D eigenvalue weighted by atomic mass is 16.6. The monoisotopic (exact) mass is 213 g/mol. The van der Waals surface area contributed by atoms with Gasteiger partial charge in [-0.05, 0) is 20.8 Å². The van der Waals surface area contributed by atoms with E-state index in [4.69, 9.17) is 15.7 Å². The van der Waals surface area contributed by atoms with Crippen LogP contribution in [0.15, 0.2) is 0 Å². The first-order chi connectivity index (χ1) is 6.76. The molecule has 3 N–H and O–H groups in total. The highest BCUT2D eigenvalue weighted by molar-refractivity contribution is 5.84. The summed E-state index contributed by atoms with van der Waals surface area (Å²) in [5, 5.41) is 10.6. The van der Waals surface area contributed by atoms with Crippen LogP contribution in [0.1, 0.15) is 27.2 Å². The summed E-state index contributed by atoms with van der Waals surface area (Å²) in [7, 11) is 0. The van der Waals surface area contributed by atoms with E-state index in [0.29, 0.717) is 0 Å². The Hall–Kier alpha value is -1.77. The third-order valence-electron chi connectivity index (χ3n) is 1.33. The molecule has 6 nitrogen and oxygen atoms in total. The molecule has 1 unspecified atom stereocenters. The van der Waals surface area contributed by atoms with Crippen molar-refractivity contribution < 1.29 is 14.3 Å². The van der Waals surface area contributed by atoms with Gasteiger partial charge in [0.15, 0.2) is 0 Å². The van der Waals surface area contributed by atoms with Gasteiger partial charge in [-0.2, -0.15) is 5.26 Å². The molecule has 84 valence electrons. The maximum Gasteiger partial charge on any atom is 0.408 e. The van der Waals surface area contributed by atoms with Gasteiger partial charge in [0.1, 0.15) is 11.6 Å². The molecule has 0 aromatic heterocycles. The van der Waals surface area contributed by atoms with E-state index in [1.807, 2.05) is 0 Å². The number of rotatable bonds is 3. The number of hydrogen-bond acceptors (Lipinski definition) is 4. The number of nitrogens with two attached hydrogens (primary N) is 1. The van der Waals surface area contributed by atoms with Crippen molar-refractivity contribution in [1.29, 1.82) is 5.26 Å². The number of carbonyl (C=O) groups excluding carboxylic acids is 2. The highest BCUT2D eigenvalue weighted by Crippen LogP contribution is 2.06. The number of ether oxygens (including phenoxy) is 1. The number of amides is 2. The zero-order valence-electron chi connectivity index (χ0n) is 9.03. The van der Waals surface area contributed by atoms with Crippen molar-refractivity contribution in [3.8, 4) is 6.07 Å². The van der Waals surface area contributed by atoms with Crippen LogP contribution in [0.3, 0.4) is 0 Å². The van der Waals surface area contributed by atoms with Gasteiger partial charge in [0.2, 0.25) is 5.91 Å². The first-order valence-corrected chi connectivity index (χ1v) is 4.42. The summed E-state index contributed by atoms with van der Waals surface area (Å²) in [6, 6.07) is 0.737. The quantitative estimate of drug-likeness (QED) is 0.702. The second-order valence-electron chi connectivity index (χ2n) is 3.96. The van der Waals surface area contributed by atoms with Gasteiger partial charge in [0.05, 0.1) is 12.5 Å². The Labute approximate surface area is 88.4 Å². The molecule has 6 heteroatoms. The van der Waals surface area contributed by atoms with Crippen molar-refractivity contribution in [1.82, 2.24) is 5.32 Å². The molecule has 0 saturated heterocycles. The Morgan fingerprint density at radius 3 is 2.40 bits per heavy atom. The van der Waals surface area contributed by atoms with E-state index in [2.05, 4.69) is 5.32 Å². The van der Waals surface area contributed by atoms with Gasteiger partial charge in [-0.1, -0.05) is 0 Å². The summed E-state index contributed by atoms with van der Waals surface area (Å²) in [5.74, 6) is -0.762. The fourth-order valence-corrected chi connectivity index (χ4v) is 0.764. The standard InChI is InChI=1S/C9H15N3O3/c1-9(2,3)15-8(14)12-6(4-5-10)7(11)13/h6H,4H2,1-3H3,(H2,11,13)(H,12,14). The minimum Gasteiger partial charge on any atom is -0.444 e. The molecule has 0 rings (SSSR count). The lowest BCUT2D eigenvalue weighted by Crippen LogP contribution is -2.46. The van der Waals surface area contributed by atoms with Crippen LogP contribution in [0.2, 0.25) is 0 Å². The second kappa shape index (κ2) is 5.20. The molecule has 0 bridgehead atoms. The molecule has 0 aliphatic heterocycles. The van der Waals surface area contributed by atoms with Gasteiger partial charge in [0.25, 0.3) is 0 Å². The van der Waals surface area contributed by atoms with E-state index in [9.17, 15) is 9.59 Å². The van der Waals surface area contributed by atoms with Crippen molar-refractivity contribution in [3.63, 3.8) is 0 Å². The van der Waals surface area contributed by atoms with Crippen molar-refractivity contribution in [2.75, 3.05) is 0 Å². The molecule has 0 aromatic carbocycles. The molecule has 0 heterocycles. The fraction of sp³-hybridized carbons (Fsp3) is 0.667. The van der Waals surface area contributed by atoms with Crippen molar-refractivity contribution in [2.24, 2.45) is 5.73 Å². The Bertz CT molecular complexity index is 288. The number of hydrogen-bond donors (Lipinski definition) is 2. The number of nitriles is 1. The zero-order valence-corrected chi connectivity index (χ0v) is 9.03. The van der Waals surface area contributed by atoms with Gasteiger partial charge < -0.3 is 15.8 Å². The topological polar surface area (TPSA) is 105 Å². The predicted octanol–water partition coefficient (Wildman–Crippen LogP) is 0.279. The van der Waals surface area contributed by atoms with Crippen LogP contribution in [0.4, 0.5) is 4.79 Å². The van der Waals surface area contributed by atoms with Crippen molar-refractivity contribution >= 4 is 12.0 Å². The minimum atomic E-state index is -1.01. The Morgan fingerprint density at radius 2 is 2.07 bits per heavy atom. The summed E-state index contributed by atoms with van der Waals surface area (Å²) >= 11 is 0. The van der Waals surface area contributed by atoms with Crippen LogP contribution in [0.25, 0.3) is 0 Å². The molecule has 0 radical (unpaired) electrons. The van der Waals surface area contributed by atoms with Crippen LogP contribution in [0, 0.1) is 11.3 Å². The van der Waals surface area contributed by atoms with E-state index >= 15 is 0 Å². The molecular weight excluding hydrogens is 198 g/mol. The van der Waals surface area contributed by atoms with Gasteiger partial charge in [-0.3, -0.25) is 4.79 Å². The van der Waals surface area contributed by atoms with Crippen LogP contribution in [-0.4, -0.2) is 23.6 Å². The minimum absolute atomic E-state index is 0.172. The Kier molecular flexibility index (Phi) is 4.58. The number of primary amides is 1. The number of alkyl carbamates (subject to hydrolysis) is 1. The molecule has 1 atom stereocenters. The Balaban J connectivity index is 4.25. The molecule has 0 spiro atoms. The summed E-state index contributed by atoms with van der Waals surface area (Å²) < 4.78 is 4.90. The lowest BCUT2D eigenvalue weighted by atomic mass is 10.2. The van der Waals surface area contributed by atoms with Crippen LogP contribution < -0.4 is 11.1 Å². The third-order valence-corrected chi connectivity index (χ3v) is 1.33. The fourth-order valence-electron chi connectivity index (χ4n) is 0.764. The first-order valence-electron chi connectivity index (χ1n) is 4.42. The summed E-state index contributed by atoms with van der Waals surface area (Å²) in [6.07, 6.45) is -0.935. The molecule has 0 aromatic rings. The van der Waals surface area contributed by atoms with Gasteiger partial charge in [-0.15, -0.1) is 0 Å². The largest absolute Gasteiger partial charge is 0.444 e. The van der Waals surface area contributed by atoms with Gasteiger partial charge in [0, 0.05) is 0 Å². The Morgan fingerprint density at radius 1 is 1.53 bits per heavy atom. The summed E-state index contributed by atoms with van der Waals surface area (Å²) in [4.78, 5) is 22.0.